The van der Waals surface area contributed by atoms with Gasteiger partial charge in [-0.3, -0.25) is 9.78 Å². The Kier molecular flexibility index (Phi) is 4.38. The number of hydrogen-bond donors (Lipinski definition) is 0. The van der Waals surface area contributed by atoms with E-state index < -0.39 is 5.97 Å². The zero-order chi connectivity index (χ0) is 17.2. The van der Waals surface area contributed by atoms with Gasteiger partial charge in [-0.25, -0.2) is 4.79 Å². The number of pyridine rings is 1. The van der Waals surface area contributed by atoms with Crippen molar-refractivity contribution < 1.29 is 14.3 Å². The van der Waals surface area contributed by atoms with Gasteiger partial charge in [0, 0.05) is 24.2 Å². The van der Waals surface area contributed by atoms with Crippen LogP contribution in [0.15, 0.2) is 24.3 Å². The first-order chi connectivity index (χ1) is 12.2. The lowest BCUT2D eigenvalue weighted by Crippen LogP contribution is -2.38. The number of para-hydroxylation sites is 1. The largest absolute Gasteiger partial charge is 0.452 e. The SMILES string of the molecule is O=C(OCC(=O)N1CCCCC1)c1c2c(nc3ccccc13)CCC2. The molecule has 2 aliphatic rings. The summed E-state index contributed by atoms with van der Waals surface area (Å²) in [5.41, 5.74) is 3.41. The van der Waals surface area contributed by atoms with Crippen molar-refractivity contribution in [1.82, 2.24) is 9.88 Å². The van der Waals surface area contributed by atoms with E-state index in [1.807, 2.05) is 24.3 Å². The molecule has 4 rings (SSSR count). The van der Waals surface area contributed by atoms with Gasteiger partial charge in [-0.1, -0.05) is 18.2 Å². The van der Waals surface area contributed by atoms with Gasteiger partial charge in [0.1, 0.15) is 0 Å². The fourth-order valence-corrected chi connectivity index (χ4v) is 3.88. The summed E-state index contributed by atoms with van der Waals surface area (Å²) in [5, 5.41) is 0.818. The number of ether oxygens (including phenoxy) is 1. The van der Waals surface area contributed by atoms with Gasteiger partial charge in [0.25, 0.3) is 5.91 Å². The van der Waals surface area contributed by atoms with Crippen LogP contribution in [-0.4, -0.2) is 41.5 Å². The molecule has 5 heteroatoms. The molecule has 1 aromatic carbocycles. The van der Waals surface area contributed by atoms with Crippen molar-refractivity contribution in [3.05, 3.63) is 41.1 Å². The van der Waals surface area contributed by atoms with Gasteiger partial charge in [0.15, 0.2) is 6.61 Å². The van der Waals surface area contributed by atoms with Gasteiger partial charge < -0.3 is 9.64 Å². The molecule has 5 nitrogen and oxygen atoms in total. The van der Waals surface area contributed by atoms with Gasteiger partial charge >= 0.3 is 5.97 Å². The van der Waals surface area contributed by atoms with Crippen molar-refractivity contribution in [3.63, 3.8) is 0 Å². The molecular formula is C20H22N2O3. The van der Waals surface area contributed by atoms with Crippen LogP contribution in [0.25, 0.3) is 10.9 Å². The predicted molar refractivity (Wildman–Crippen MR) is 94.5 cm³/mol. The number of carbonyl (C=O) groups is 2. The molecule has 1 fully saturated rings. The van der Waals surface area contributed by atoms with Crippen LogP contribution in [0.3, 0.4) is 0 Å². The van der Waals surface area contributed by atoms with E-state index in [2.05, 4.69) is 4.98 Å². The second-order valence-electron chi connectivity index (χ2n) is 6.80. The molecule has 0 radical (unpaired) electrons. The number of aromatic nitrogens is 1. The van der Waals surface area contributed by atoms with Crippen molar-refractivity contribution in [3.8, 4) is 0 Å². The van der Waals surface area contributed by atoms with E-state index in [0.717, 1.165) is 67.4 Å². The van der Waals surface area contributed by atoms with Gasteiger partial charge in [0.2, 0.25) is 0 Å². The molecule has 2 heterocycles. The van der Waals surface area contributed by atoms with Crippen molar-refractivity contribution >= 4 is 22.8 Å². The first-order valence-corrected chi connectivity index (χ1v) is 9.09. The molecule has 0 spiro atoms. The van der Waals surface area contributed by atoms with Crippen molar-refractivity contribution in [2.45, 2.75) is 38.5 Å². The molecule has 0 saturated carbocycles. The highest BCUT2D eigenvalue weighted by molar-refractivity contribution is 6.05. The topological polar surface area (TPSA) is 59.5 Å². The normalized spacial score (nSPS) is 16.7. The monoisotopic (exact) mass is 338 g/mol. The summed E-state index contributed by atoms with van der Waals surface area (Å²) < 4.78 is 5.42. The second-order valence-corrected chi connectivity index (χ2v) is 6.80. The Bertz CT molecular complexity index is 825. The summed E-state index contributed by atoms with van der Waals surface area (Å²) in [4.78, 5) is 31.5. The number of nitrogens with zero attached hydrogens (tertiary/aromatic N) is 2. The Labute approximate surface area is 147 Å². The molecule has 0 unspecified atom stereocenters. The Hall–Kier alpha value is -2.43. The van der Waals surface area contributed by atoms with Crippen LogP contribution in [0, 0.1) is 0 Å². The molecule has 1 aliphatic heterocycles. The standard InChI is InChI=1S/C20H22N2O3/c23-18(22-11-4-1-5-12-22)13-25-20(24)19-14-7-2-3-9-16(14)21-17-10-6-8-15(17)19/h2-3,7,9H,1,4-6,8,10-13H2. The minimum atomic E-state index is -0.401. The van der Waals surface area contributed by atoms with Crippen LogP contribution in [0.2, 0.25) is 0 Å². The van der Waals surface area contributed by atoms with Gasteiger partial charge in [-0.15, -0.1) is 0 Å². The van der Waals surface area contributed by atoms with Crippen LogP contribution >= 0.6 is 0 Å². The summed E-state index contributed by atoms with van der Waals surface area (Å²) in [6.45, 7) is 1.36. The molecule has 0 atom stereocenters. The third-order valence-corrected chi connectivity index (χ3v) is 5.16. The number of aryl methyl sites for hydroxylation is 1. The Balaban J connectivity index is 1.57. The third-order valence-electron chi connectivity index (χ3n) is 5.16. The molecule has 1 saturated heterocycles. The zero-order valence-corrected chi connectivity index (χ0v) is 14.3. The highest BCUT2D eigenvalue weighted by Gasteiger charge is 2.26. The molecule has 1 aliphatic carbocycles. The lowest BCUT2D eigenvalue weighted by molar-refractivity contribution is -0.135. The summed E-state index contributed by atoms with van der Waals surface area (Å²) in [5.74, 6) is -0.495. The minimum absolute atomic E-state index is 0.0944. The highest BCUT2D eigenvalue weighted by atomic mass is 16.5. The number of likely N-dealkylation sites (tertiary alicyclic amines) is 1. The second kappa shape index (κ2) is 6.82. The van der Waals surface area contributed by atoms with Crippen LogP contribution in [0.5, 0.6) is 0 Å². The molecule has 0 bridgehead atoms. The van der Waals surface area contributed by atoms with E-state index in [9.17, 15) is 9.59 Å². The zero-order valence-electron chi connectivity index (χ0n) is 14.3. The fourth-order valence-electron chi connectivity index (χ4n) is 3.88. The van der Waals surface area contributed by atoms with Crippen LogP contribution < -0.4 is 0 Å². The van der Waals surface area contributed by atoms with E-state index in [0.29, 0.717) is 5.56 Å². The molecule has 25 heavy (non-hydrogen) atoms. The van der Waals surface area contributed by atoms with Crippen molar-refractivity contribution in [2.75, 3.05) is 19.7 Å². The molecule has 2 aromatic rings. The Morgan fingerprint density at radius 3 is 2.68 bits per heavy atom. The summed E-state index contributed by atoms with van der Waals surface area (Å²) in [7, 11) is 0. The van der Waals surface area contributed by atoms with Crippen LogP contribution in [0.1, 0.15) is 47.3 Å². The first kappa shape index (κ1) is 16.1. The first-order valence-electron chi connectivity index (χ1n) is 9.09. The minimum Gasteiger partial charge on any atom is -0.452 e. The van der Waals surface area contributed by atoms with E-state index in [1.54, 1.807) is 4.90 Å². The number of piperidine rings is 1. The quantitative estimate of drug-likeness (QED) is 0.808. The van der Waals surface area contributed by atoms with Gasteiger partial charge in [-0.05, 0) is 50.2 Å². The lowest BCUT2D eigenvalue weighted by Gasteiger charge is -2.26. The number of fused-ring (bicyclic) bond motifs is 2. The van der Waals surface area contributed by atoms with Crippen molar-refractivity contribution in [1.29, 1.82) is 0 Å². The van der Waals surface area contributed by atoms with E-state index in [-0.39, 0.29) is 12.5 Å². The van der Waals surface area contributed by atoms with Crippen LogP contribution in [-0.2, 0) is 22.4 Å². The summed E-state index contributed by atoms with van der Waals surface area (Å²) in [6.07, 6.45) is 5.97. The maximum absolute atomic E-state index is 12.8. The molecule has 0 N–H and O–H groups in total. The highest BCUT2D eigenvalue weighted by Crippen LogP contribution is 2.30. The number of hydrogen-bond acceptors (Lipinski definition) is 4. The molecule has 130 valence electrons. The summed E-state index contributed by atoms with van der Waals surface area (Å²) in [6, 6.07) is 7.65. The Morgan fingerprint density at radius 1 is 1.04 bits per heavy atom. The Morgan fingerprint density at radius 2 is 1.84 bits per heavy atom. The predicted octanol–water partition coefficient (Wildman–Crippen LogP) is 2.89. The van der Waals surface area contributed by atoms with E-state index >= 15 is 0 Å². The number of carbonyl (C=O) groups excluding carboxylic acids is 2. The number of benzene rings is 1. The number of rotatable bonds is 3. The van der Waals surface area contributed by atoms with Gasteiger partial charge in [0.05, 0.1) is 11.1 Å². The lowest BCUT2D eigenvalue weighted by atomic mass is 10.0. The van der Waals surface area contributed by atoms with Crippen LogP contribution in [0.4, 0.5) is 0 Å². The van der Waals surface area contributed by atoms with Gasteiger partial charge in [-0.2, -0.15) is 0 Å². The molecular weight excluding hydrogens is 316 g/mol. The average molecular weight is 338 g/mol. The maximum Gasteiger partial charge on any atom is 0.339 e. The van der Waals surface area contributed by atoms with E-state index in [1.165, 1.54) is 6.42 Å². The van der Waals surface area contributed by atoms with Crippen molar-refractivity contribution in [2.24, 2.45) is 0 Å². The molecule has 1 aromatic heterocycles. The van der Waals surface area contributed by atoms with E-state index in [4.69, 9.17) is 4.74 Å². The summed E-state index contributed by atoms with van der Waals surface area (Å²) >= 11 is 0. The molecule has 1 amide bonds. The number of esters is 1. The smallest absolute Gasteiger partial charge is 0.339 e. The third kappa shape index (κ3) is 3.11. The maximum atomic E-state index is 12.8. The average Bonchev–Trinajstić information content (AvgIpc) is 3.12. The number of amides is 1. The fraction of sp³-hybridized carbons (Fsp3) is 0.450.